The second-order valence-corrected chi connectivity index (χ2v) is 9.42. The number of morpholine rings is 1. The summed E-state index contributed by atoms with van der Waals surface area (Å²) in [5, 5.41) is 0. The van der Waals surface area contributed by atoms with Crippen molar-refractivity contribution < 1.29 is 14.3 Å². The number of ether oxygens (including phenoxy) is 1. The lowest BCUT2D eigenvalue weighted by atomic mass is 9.80. The molecule has 2 saturated heterocycles. The molecule has 5 rings (SSSR count). The Hall–Kier alpha value is -3.45. The molecule has 3 heterocycles. The first-order chi connectivity index (χ1) is 16.5. The van der Waals surface area contributed by atoms with Gasteiger partial charge in [0, 0.05) is 43.3 Å². The van der Waals surface area contributed by atoms with E-state index in [0.717, 1.165) is 29.7 Å². The number of hydrogen-bond donors (Lipinski definition) is 0. The van der Waals surface area contributed by atoms with E-state index in [1.807, 2.05) is 75.2 Å². The standard InChI is InChI=1S/C27H30N4O3/c1-27(19-31(25(32)18-34-27)24-8-3-2-4-9-24)23-10-13-30(14-11-23)26(33)22-7-5-6-21(16-22)17-29-15-12-28-20-29/h2-9,12,15-16,20,23H,10-11,13-14,17-19H2,1H3/t27-/m0/s1. The molecule has 0 aliphatic carbocycles. The van der Waals surface area contributed by atoms with E-state index < -0.39 is 5.60 Å². The molecule has 0 bridgehead atoms. The topological polar surface area (TPSA) is 67.7 Å². The van der Waals surface area contributed by atoms with Crippen LogP contribution in [0.1, 0.15) is 35.7 Å². The molecule has 7 heteroatoms. The fourth-order valence-corrected chi connectivity index (χ4v) is 5.11. The molecule has 2 amide bonds. The lowest BCUT2D eigenvalue weighted by molar-refractivity contribution is -0.145. The van der Waals surface area contributed by atoms with Crippen LogP contribution >= 0.6 is 0 Å². The first kappa shape index (κ1) is 22.3. The van der Waals surface area contributed by atoms with Crippen molar-refractivity contribution in [3.05, 3.63) is 84.4 Å². The molecule has 7 nitrogen and oxygen atoms in total. The smallest absolute Gasteiger partial charge is 0.253 e. The Balaban J connectivity index is 1.22. The second-order valence-electron chi connectivity index (χ2n) is 9.42. The zero-order valence-corrected chi connectivity index (χ0v) is 19.5. The number of para-hydroxylation sites is 1. The van der Waals surface area contributed by atoms with Crippen molar-refractivity contribution in [1.29, 1.82) is 0 Å². The Morgan fingerprint density at radius 2 is 1.91 bits per heavy atom. The first-order valence-corrected chi connectivity index (χ1v) is 11.9. The van der Waals surface area contributed by atoms with Gasteiger partial charge < -0.3 is 19.1 Å². The van der Waals surface area contributed by atoms with Crippen LogP contribution in [-0.2, 0) is 16.1 Å². The van der Waals surface area contributed by atoms with E-state index in [1.54, 1.807) is 12.5 Å². The number of aromatic nitrogens is 2. The van der Waals surface area contributed by atoms with Gasteiger partial charge in [0.15, 0.2) is 0 Å². The van der Waals surface area contributed by atoms with Crippen LogP contribution in [0.4, 0.5) is 5.69 Å². The molecule has 34 heavy (non-hydrogen) atoms. The third kappa shape index (κ3) is 4.61. The van der Waals surface area contributed by atoms with Crippen molar-refractivity contribution in [2.45, 2.75) is 31.9 Å². The van der Waals surface area contributed by atoms with Gasteiger partial charge in [-0.1, -0.05) is 30.3 Å². The van der Waals surface area contributed by atoms with Gasteiger partial charge in [0.2, 0.25) is 0 Å². The van der Waals surface area contributed by atoms with Crippen LogP contribution in [0, 0.1) is 5.92 Å². The Morgan fingerprint density at radius 3 is 2.65 bits per heavy atom. The largest absolute Gasteiger partial charge is 0.363 e. The highest BCUT2D eigenvalue weighted by molar-refractivity contribution is 5.95. The summed E-state index contributed by atoms with van der Waals surface area (Å²) in [6.07, 6.45) is 7.16. The maximum absolute atomic E-state index is 13.2. The summed E-state index contributed by atoms with van der Waals surface area (Å²) in [4.78, 5) is 33.6. The van der Waals surface area contributed by atoms with Crippen LogP contribution in [0.15, 0.2) is 73.3 Å². The van der Waals surface area contributed by atoms with Crippen LogP contribution in [0.2, 0.25) is 0 Å². The van der Waals surface area contributed by atoms with E-state index in [2.05, 4.69) is 11.9 Å². The van der Waals surface area contributed by atoms with E-state index in [9.17, 15) is 9.59 Å². The maximum Gasteiger partial charge on any atom is 0.253 e. The Kier molecular flexibility index (Phi) is 6.20. The number of carbonyl (C=O) groups is 2. The number of hydrogen-bond acceptors (Lipinski definition) is 4. The molecule has 0 N–H and O–H groups in total. The van der Waals surface area contributed by atoms with Crippen molar-refractivity contribution in [3.63, 3.8) is 0 Å². The Morgan fingerprint density at radius 1 is 1.12 bits per heavy atom. The zero-order chi connectivity index (χ0) is 23.5. The zero-order valence-electron chi connectivity index (χ0n) is 19.5. The minimum atomic E-state index is -0.427. The summed E-state index contributed by atoms with van der Waals surface area (Å²) in [5.41, 5.74) is 2.28. The highest BCUT2D eigenvalue weighted by Crippen LogP contribution is 2.36. The molecule has 176 valence electrons. The molecule has 0 unspecified atom stereocenters. The van der Waals surface area contributed by atoms with Crippen LogP contribution in [0.25, 0.3) is 0 Å². The molecule has 2 aromatic carbocycles. The summed E-state index contributed by atoms with van der Waals surface area (Å²) in [6.45, 7) is 4.80. The Labute approximate surface area is 200 Å². The first-order valence-electron chi connectivity index (χ1n) is 11.9. The fraction of sp³-hybridized carbons (Fsp3) is 0.370. The summed E-state index contributed by atoms with van der Waals surface area (Å²) < 4.78 is 8.10. The molecule has 0 saturated carbocycles. The van der Waals surface area contributed by atoms with E-state index in [0.29, 0.717) is 26.2 Å². The van der Waals surface area contributed by atoms with E-state index >= 15 is 0 Å². The number of rotatable bonds is 5. The van der Waals surface area contributed by atoms with E-state index in [4.69, 9.17) is 4.74 Å². The summed E-state index contributed by atoms with van der Waals surface area (Å²) in [7, 11) is 0. The molecule has 3 aromatic rings. The maximum atomic E-state index is 13.2. The minimum Gasteiger partial charge on any atom is -0.363 e. The normalized spacial score (nSPS) is 21.6. The highest BCUT2D eigenvalue weighted by Gasteiger charge is 2.44. The quantitative estimate of drug-likeness (QED) is 0.586. The predicted octanol–water partition coefficient (Wildman–Crippen LogP) is 3.61. The highest BCUT2D eigenvalue weighted by atomic mass is 16.5. The molecule has 2 fully saturated rings. The van der Waals surface area contributed by atoms with Crippen molar-refractivity contribution in [2.75, 3.05) is 31.1 Å². The van der Waals surface area contributed by atoms with Gasteiger partial charge in [-0.25, -0.2) is 4.98 Å². The number of piperidine rings is 1. The predicted molar refractivity (Wildman–Crippen MR) is 130 cm³/mol. The number of likely N-dealkylation sites (tertiary alicyclic amines) is 1. The van der Waals surface area contributed by atoms with Crippen LogP contribution < -0.4 is 4.90 Å². The molecule has 1 atom stereocenters. The van der Waals surface area contributed by atoms with Crippen molar-refractivity contribution in [2.24, 2.45) is 5.92 Å². The van der Waals surface area contributed by atoms with E-state index in [-0.39, 0.29) is 24.3 Å². The molecule has 2 aliphatic heterocycles. The van der Waals surface area contributed by atoms with Gasteiger partial charge >= 0.3 is 0 Å². The molecule has 0 spiro atoms. The van der Waals surface area contributed by atoms with Crippen LogP contribution in [0.5, 0.6) is 0 Å². The van der Waals surface area contributed by atoms with Gasteiger partial charge in [0.05, 0.1) is 18.5 Å². The summed E-state index contributed by atoms with van der Waals surface area (Å²) in [6, 6.07) is 17.6. The Bertz CT molecular complexity index is 1140. The summed E-state index contributed by atoms with van der Waals surface area (Å²) >= 11 is 0. The fourth-order valence-electron chi connectivity index (χ4n) is 5.11. The lowest BCUT2D eigenvalue weighted by Gasteiger charge is -2.47. The minimum absolute atomic E-state index is 0.00753. The SMILES string of the molecule is C[C@@]1(C2CCN(C(=O)c3cccc(Cn4ccnc4)c3)CC2)CN(c2ccccc2)C(=O)CO1. The average molecular weight is 459 g/mol. The van der Waals surface area contributed by atoms with Gasteiger partial charge in [-0.3, -0.25) is 9.59 Å². The van der Waals surface area contributed by atoms with Crippen LogP contribution in [0.3, 0.4) is 0 Å². The monoisotopic (exact) mass is 458 g/mol. The number of anilines is 1. The van der Waals surface area contributed by atoms with Gasteiger partial charge in [-0.05, 0) is 55.5 Å². The average Bonchev–Trinajstić information content (AvgIpc) is 3.39. The van der Waals surface area contributed by atoms with Crippen molar-refractivity contribution >= 4 is 17.5 Å². The van der Waals surface area contributed by atoms with Gasteiger partial charge in [-0.2, -0.15) is 0 Å². The van der Waals surface area contributed by atoms with Gasteiger partial charge in [0.1, 0.15) is 6.61 Å². The number of nitrogens with zero attached hydrogens (tertiary/aromatic N) is 4. The second kappa shape index (κ2) is 9.43. The van der Waals surface area contributed by atoms with Crippen molar-refractivity contribution in [1.82, 2.24) is 14.5 Å². The van der Waals surface area contributed by atoms with Crippen molar-refractivity contribution in [3.8, 4) is 0 Å². The molecule has 1 aromatic heterocycles. The van der Waals surface area contributed by atoms with Crippen LogP contribution in [-0.4, -0.2) is 58.1 Å². The lowest BCUT2D eigenvalue weighted by Crippen LogP contribution is -2.58. The summed E-state index contributed by atoms with van der Waals surface area (Å²) in [5.74, 6) is 0.344. The molecule has 0 radical (unpaired) electrons. The number of imidazole rings is 1. The van der Waals surface area contributed by atoms with Gasteiger partial charge in [0.25, 0.3) is 11.8 Å². The molecular weight excluding hydrogens is 428 g/mol. The van der Waals surface area contributed by atoms with Gasteiger partial charge in [-0.15, -0.1) is 0 Å². The number of amides is 2. The molecule has 2 aliphatic rings. The third-order valence-electron chi connectivity index (χ3n) is 7.11. The third-order valence-corrected chi connectivity index (χ3v) is 7.11. The number of carbonyl (C=O) groups excluding carboxylic acids is 2. The molecular formula is C27H30N4O3. The van der Waals surface area contributed by atoms with E-state index in [1.165, 1.54) is 0 Å². The number of benzene rings is 2.